The van der Waals surface area contributed by atoms with E-state index in [4.69, 9.17) is 4.74 Å². The van der Waals surface area contributed by atoms with Gasteiger partial charge in [0.05, 0.1) is 13.2 Å². The number of hydrogen-bond donors (Lipinski definition) is 1. The summed E-state index contributed by atoms with van der Waals surface area (Å²) in [5, 5.41) is 13.6. The molecule has 0 aliphatic rings. The Bertz CT molecular complexity index is 610. The van der Waals surface area contributed by atoms with Gasteiger partial charge in [0.15, 0.2) is 0 Å². The highest BCUT2D eigenvalue weighted by Crippen LogP contribution is 2.25. The van der Waals surface area contributed by atoms with Crippen LogP contribution < -0.4 is 4.74 Å². The summed E-state index contributed by atoms with van der Waals surface area (Å²) in [5.74, 6) is 1.44. The van der Waals surface area contributed by atoms with Gasteiger partial charge in [0.25, 0.3) is 0 Å². The van der Waals surface area contributed by atoms with Gasteiger partial charge in [0.1, 0.15) is 5.75 Å². The van der Waals surface area contributed by atoms with Crippen molar-refractivity contribution in [2.45, 2.75) is 33.7 Å². The molecule has 0 aliphatic carbocycles. The van der Waals surface area contributed by atoms with Crippen molar-refractivity contribution in [1.29, 1.82) is 0 Å². The van der Waals surface area contributed by atoms with Crippen molar-refractivity contribution in [2.75, 3.05) is 6.61 Å². The van der Waals surface area contributed by atoms with E-state index in [-0.39, 0.29) is 5.88 Å². The first kappa shape index (κ1) is 15.9. The number of halogens is 1. The van der Waals surface area contributed by atoms with Gasteiger partial charge in [-0.1, -0.05) is 36.2 Å². The fourth-order valence-electron chi connectivity index (χ4n) is 1.98. The number of nitrogens with zero attached hydrogens (tertiary/aromatic N) is 2. The fourth-order valence-corrected chi connectivity index (χ4v) is 2.38. The fraction of sp³-hybridized carbons (Fsp3) is 0.438. The number of aryl methyl sites for hydroxylation is 1. The first-order valence-electron chi connectivity index (χ1n) is 7.14. The quantitative estimate of drug-likeness (QED) is 0.849. The second-order valence-corrected chi connectivity index (χ2v) is 6.29. The highest BCUT2D eigenvalue weighted by molar-refractivity contribution is 9.10. The van der Waals surface area contributed by atoms with Gasteiger partial charge in [0, 0.05) is 21.8 Å². The molecule has 1 heterocycles. The standard InChI is InChI=1S/C16H21BrN2O2/c1-4-11(2)10-21-15-6-5-14(17)8-13(15)9-19-12(3)7-16(20)18-19/h5-8,11H,4,9-10H2,1-3H3,(H,18,20). The molecule has 4 nitrogen and oxygen atoms in total. The first-order chi connectivity index (χ1) is 9.99. The molecular formula is C16H21BrN2O2. The van der Waals surface area contributed by atoms with E-state index in [1.807, 2.05) is 25.1 Å². The van der Waals surface area contributed by atoms with E-state index in [0.717, 1.165) is 27.9 Å². The molecule has 0 radical (unpaired) electrons. The molecule has 5 heteroatoms. The van der Waals surface area contributed by atoms with Crippen LogP contribution in [-0.4, -0.2) is 21.5 Å². The second kappa shape index (κ2) is 6.98. The van der Waals surface area contributed by atoms with Crippen LogP contribution >= 0.6 is 15.9 Å². The van der Waals surface area contributed by atoms with E-state index in [1.54, 1.807) is 10.7 Å². The number of aromatic hydroxyl groups is 1. The van der Waals surface area contributed by atoms with Crippen LogP contribution in [0.15, 0.2) is 28.7 Å². The summed E-state index contributed by atoms with van der Waals surface area (Å²) in [6.07, 6.45) is 1.10. The number of rotatable bonds is 6. The lowest BCUT2D eigenvalue weighted by molar-refractivity contribution is 0.253. The molecule has 0 saturated heterocycles. The number of ether oxygens (including phenoxy) is 1. The molecule has 0 spiro atoms. The van der Waals surface area contributed by atoms with Crippen LogP contribution in [-0.2, 0) is 6.54 Å². The molecule has 0 amide bonds. The van der Waals surface area contributed by atoms with Gasteiger partial charge in [-0.15, -0.1) is 5.10 Å². The summed E-state index contributed by atoms with van der Waals surface area (Å²) in [7, 11) is 0. The summed E-state index contributed by atoms with van der Waals surface area (Å²) in [5.41, 5.74) is 1.96. The highest BCUT2D eigenvalue weighted by Gasteiger charge is 2.10. The Hall–Kier alpha value is -1.49. The van der Waals surface area contributed by atoms with Crippen LogP contribution in [0, 0.1) is 12.8 Å². The van der Waals surface area contributed by atoms with Gasteiger partial charge in [-0.05, 0) is 31.0 Å². The van der Waals surface area contributed by atoms with Gasteiger partial charge in [-0.25, -0.2) is 0 Å². The van der Waals surface area contributed by atoms with Crippen molar-refractivity contribution < 1.29 is 9.84 Å². The smallest absolute Gasteiger partial charge is 0.230 e. The van der Waals surface area contributed by atoms with E-state index in [0.29, 0.717) is 19.1 Å². The molecule has 0 saturated carbocycles. The molecule has 0 fully saturated rings. The highest BCUT2D eigenvalue weighted by atomic mass is 79.9. The minimum Gasteiger partial charge on any atom is -0.493 e. The van der Waals surface area contributed by atoms with Crippen LogP contribution in [0.25, 0.3) is 0 Å². The van der Waals surface area contributed by atoms with Gasteiger partial charge in [-0.3, -0.25) is 4.68 Å². The third-order valence-electron chi connectivity index (χ3n) is 3.53. The maximum absolute atomic E-state index is 9.47. The number of benzene rings is 1. The van der Waals surface area contributed by atoms with Crippen molar-refractivity contribution in [3.05, 3.63) is 40.0 Å². The molecule has 0 bridgehead atoms. The Kier molecular flexibility index (Phi) is 5.28. The average Bonchev–Trinajstić information content (AvgIpc) is 2.75. The van der Waals surface area contributed by atoms with Crippen molar-refractivity contribution in [1.82, 2.24) is 9.78 Å². The molecular weight excluding hydrogens is 332 g/mol. The van der Waals surface area contributed by atoms with E-state index < -0.39 is 0 Å². The minimum atomic E-state index is 0.0459. The molecule has 1 N–H and O–H groups in total. The lowest BCUT2D eigenvalue weighted by Gasteiger charge is -2.15. The second-order valence-electron chi connectivity index (χ2n) is 5.38. The molecule has 114 valence electrons. The normalized spacial score (nSPS) is 12.4. The monoisotopic (exact) mass is 352 g/mol. The maximum Gasteiger partial charge on any atom is 0.230 e. The van der Waals surface area contributed by atoms with E-state index in [2.05, 4.69) is 34.9 Å². The Labute approximate surface area is 133 Å². The van der Waals surface area contributed by atoms with Crippen molar-refractivity contribution >= 4 is 15.9 Å². The van der Waals surface area contributed by atoms with E-state index in [1.165, 1.54) is 0 Å². The maximum atomic E-state index is 9.47. The zero-order valence-corrected chi connectivity index (χ0v) is 14.2. The van der Waals surface area contributed by atoms with Crippen LogP contribution in [0.4, 0.5) is 0 Å². The minimum absolute atomic E-state index is 0.0459. The average molecular weight is 353 g/mol. The summed E-state index contributed by atoms with van der Waals surface area (Å²) in [6.45, 7) is 7.53. The predicted molar refractivity (Wildman–Crippen MR) is 86.8 cm³/mol. The van der Waals surface area contributed by atoms with Crippen LogP contribution in [0.5, 0.6) is 11.6 Å². The molecule has 0 aliphatic heterocycles. The zero-order valence-electron chi connectivity index (χ0n) is 12.6. The number of hydrogen-bond acceptors (Lipinski definition) is 3. The lowest BCUT2D eigenvalue weighted by atomic mass is 10.1. The van der Waals surface area contributed by atoms with Crippen LogP contribution in [0.1, 0.15) is 31.5 Å². The summed E-state index contributed by atoms with van der Waals surface area (Å²) in [6, 6.07) is 7.63. The van der Waals surface area contributed by atoms with Crippen LogP contribution in [0.2, 0.25) is 0 Å². The third kappa shape index (κ3) is 4.24. The topological polar surface area (TPSA) is 47.3 Å². The molecule has 1 aromatic heterocycles. The third-order valence-corrected chi connectivity index (χ3v) is 4.02. The van der Waals surface area contributed by atoms with Gasteiger partial charge < -0.3 is 9.84 Å². The Morgan fingerprint density at radius 3 is 2.76 bits per heavy atom. The Morgan fingerprint density at radius 2 is 2.14 bits per heavy atom. The van der Waals surface area contributed by atoms with Crippen molar-refractivity contribution in [2.24, 2.45) is 5.92 Å². The van der Waals surface area contributed by atoms with Gasteiger partial charge >= 0.3 is 0 Å². The predicted octanol–water partition coefficient (Wildman–Crippen LogP) is 4.13. The summed E-state index contributed by atoms with van der Waals surface area (Å²) >= 11 is 3.49. The zero-order chi connectivity index (χ0) is 15.4. The van der Waals surface area contributed by atoms with E-state index in [9.17, 15) is 5.11 Å². The van der Waals surface area contributed by atoms with E-state index >= 15 is 0 Å². The Balaban J connectivity index is 2.20. The first-order valence-corrected chi connectivity index (χ1v) is 7.93. The SMILES string of the molecule is CCC(C)COc1ccc(Br)cc1Cn1nc(O)cc1C. The number of aromatic nitrogens is 2. The van der Waals surface area contributed by atoms with Crippen molar-refractivity contribution in [3.8, 4) is 11.6 Å². The lowest BCUT2D eigenvalue weighted by Crippen LogP contribution is -2.10. The summed E-state index contributed by atoms with van der Waals surface area (Å²) < 4.78 is 8.71. The van der Waals surface area contributed by atoms with Crippen LogP contribution in [0.3, 0.4) is 0 Å². The summed E-state index contributed by atoms with van der Waals surface area (Å²) in [4.78, 5) is 0. The largest absolute Gasteiger partial charge is 0.493 e. The molecule has 2 aromatic rings. The van der Waals surface area contributed by atoms with Crippen molar-refractivity contribution in [3.63, 3.8) is 0 Å². The van der Waals surface area contributed by atoms with Gasteiger partial charge in [0.2, 0.25) is 5.88 Å². The molecule has 1 atom stereocenters. The molecule has 21 heavy (non-hydrogen) atoms. The Morgan fingerprint density at radius 1 is 1.38 bits per heavy atom. The molecule has 1 unspecified atom stereocenters. The van der Waals surface area contributed by atoms with Gasteiger partial charge in [-0.2, -0.15) is 0 Å². The molecule has 2 rings (SSSR count). The molecule has 1 aromatic carbocycles.